The molecule has 1 saturated heterocycles. The van der Waals surface area contributed by atoms with Gasteiger partial charge in [-0.2, -0.15) is 4.31 Å². The van der Waals surface area contributed by atoms with Crippen molar-refractivity contribution in [2.45, 2.75) is 6.42 Å². The molecule has 1 aromatic heterocycles. The molecule has 0 bridgehead atoms. The van der Waals surface area contributed by atoms with Gasteiger partial charge in [-0.05, 0) is 18.6 Å². The van der Waals surface area contributed by atoms with Crippen LogP contribution < -0.4 is 4.90 Å². The number of hydrogen-bond donors (Lipinski definition) is 1. The van der Waals surface area contributed by atoms with Crippen LogP contribution in [-0.2, 0) is 14.8 Å². The molecule has 0 unspecified atom stereocenters. The molecule has 1 fully saturated rings. The Hall–Kier alpha value is -1.64. The van der Waals surface area contributed by atoms with Gasteiger partial charge in [-0.25, -0.2) is 13.4 Å². The Morgan fingerprint density at radius 2 is 1.96 bits per heavy atom. The second kappa shape index (κ2) is 6.86. The maximum Gasteiger partial charge on any atom is 0.214 e. The molecular weight excluding hydrogens is 316 g/mol. The summed E-state index contributed by atoms with van der Waals surface area (Å²) < 4.78 is 31.0. The lowest BCUT2D eigenvalue weighted by Crippen LogP contribution is -2.49. The third kappa shape index (κ3) is 3.65. The number of fused-ring (bicyclic) bond motifs is 1. The third-order valence-corrected chi connectivity index (χ3v) is 6.02. The SMILES string of the molecule is COCCCS(=O)(=O)N1CCN(c2nc3ccccc3[nH]2)CC1. The first-order chi connectivity index (χ1) is 11.1. The average Bonchev–Trinajstić information content (AvgIpc) is 2.99. The molecular formula is C15H22N4O3S. The quantitative estimate of drug-likeness (QED) is 0.797. The largest absolute Gasteiger partial charge is 0.385 e. The normalized spacial score (nSPS) is 17.0. The lowest BCUT2D eigenvalue weighted by Gasteiger charge is -2.33. The van der Waals surface area contributed by atoms with E-state index in [1.165, 1.54) is 0 Å². The topological polar surface area (TPSA) is 78.5 Å². The third-order valence-electron chi connectivity index (χ3n) is 4.06. The Morgan fingerprint density at radius 1 is 1.22 bits per heavy atom. The molecule has 0 saturated carbocycles. The Morgan fingerprint density at radius 3 is 2.65 bits per heavy atom. The molecule has 0 amide bonds. The molecule has 2 heterocycles. The smallest absolute Gasteiger partial charge is 0.214 e. The zero-order valence-corrected chi connectivity index (χ0v) is 14.1. The molecule has 1 aliphatic heterocycles. The average molecular weight is 338 g/mol. The number of rotatable bonds is 6. The Kier molecular flexibility index (Phi) is 4.84. The summed E-state index contributed by atoms with van der Waals surface area (Å²) in [5.74, 6) is 0.952. The number of imidazole rings is 1. The molecule has 3 rings (SSSR count). The molecule has 7 nitrogen and oxygen atoms in total. The number of hydrogen-bond acceptors (Lipinski definition) is 5. The predicted octanol–water partition coefficient (Wildman–Crippen LogP) is 1.05. The number of aromatic nitrogens is 2. The van der Waals surface area contributed by atoms with Gasteiger partial charge in [0.25, 0.3) is 0 Å². The molecule has 0 radical (unpaired) electrons. The number of anilines is 1. The van der Waals surface area contributed by atoms with Gasteiger partial charge in [-0.1, -0.05) is 12.1 Å². The van der Waals surface area contributed by atoms with Crippen LogP contribution in [0.4, 0.5) is 5.95 Å². The van der Waals surface area contributed by atoms with Gasteiger partial charge in [0.05, 0.1) is 16.8 Å². The van der Waals surface area contributed by atoms with Crippen molar-refractivity contribution in [1.82, 2.24) is 14.3 Å². The van der Waals surface area contributed by atoms with Crippen molar-refractivity contribution in [3.63, 3.8) is 0 Å². The van der Waals surface area contributed by atoms with Crippen molar-refractivity contribution in [3.05, 3.63) is 24.3 Å². The van der Waals surface area contributed by atoms with E-state index in [4.69, 9.17) is 4.74 Å². The van der Waals surface area contributed by atoms with Crippen LogP contribution in [0, 0.1) is 0 Å². The van der Waals surface area contributed by atoms with Crippen LogP contribution >= 0.6 is 0 Å². The van der Waals surface area contributed by atoms with Gasteiger partial charge in [0.15, 0.2) is 0 Å². The van der Waals surface area contributed by atoms with E-state index in [-0.39, 0.29) is 5.75 Å². The highest BCUT2D eigenvalue weighted by atomic mass is 32.2. The van der Waals surface area contributed by atoms with Crippen LogP contribution in [0.15, 0.2) is 24.3 Å². The zero-order chi connectivity index (χ0) is 16.3. The lowest BCUT2D eigenvalue weighted by molar-refractivity contribution is 0.199. The summed E-state index contributed by atoms with van der Waals surface area (Å²) in [7, 11) is -1.61. The fourth-order valence-corrected chi connectivity index (χ4v) is 4.24. The Bertz CT molecular complexity index is 718. The number of methoxy groups -OCH3 is 1. The molecule has 126 valence electrons. The maximum atomic E-state index is 12.3. The summed E-state index contributed by atoms with van der Waals surface area (Å²) in [6.07, 6.45) is 0.530. The van der Waals surface area contributed by atoms with Gasteiger partial charge in [0.1, 0.15) is 0 Å². The number of para-hydroxylation sites is 2. The highest BCUT2D eigenvalue weighted by molar-refractivity contribution is 7.89. The number of sulfonamides is 1. The van der Waals surface area contributed by atoms with Gasteiger partial charge >= 0.3 is 0 Å². The summed E-state index contributed by atoms with van der Waals surface area (Å²) in [5, 5.41) is 0. The van der Waals surface area contributed by atoms with E-state index in [0.29, 0.717) is 39.2 Å². The van der Waals surface area contributed by atoms with Crippen LogP contribution in [0.1, 0.15) is 6.42 Å². The highest BCUT2D eigenvalue weighted by Crippen LogP contribution is 2.19. The summed E-state index contributed by atoms with van der Waals surface area (Å²) in [6.45, 7) is 2.74. The van der Waals surface area contributed by atoms with E-state index < -0.39 is 10.0 Å². The van der Waals surface area contributed by atoms with E-state index in [2.05, 4.69) is 14.9 Å². The predicted molar refractivity (Wildman–Crippen MR) is 90.2 cm³/mol. The molecule has 1 N–H and O–H groups in total. The summed E-state index contributed by atoms with van der Waals surface area (Å²) in [6, 6.07) is 7.88. The van der Waals surface area contributed by atoms with E-state index in [1.54, 1.807) is 11.4 Å². The number of benzene rings is 1. The van der Waals surface area contributed by atoms with Gasteiger partial charge in [0, 0.05) is 39.9 Å². The number of ether oxygens (including phenoxy) is 1. The van der Waals surface area contributed by atoms with E-state index in [0.717, 1.165) is 17.0 Å². The van der Waals surface area contributed by atoms with Crippen molar-refractivity contribution < 1.29 is 13.2 Å². The van der Waals surface area contributed by atoms with Crippen LogP contribution in [0.2, 0.25) is 0 Å². The number of nitrogens with zero attached hydrogens (tertiary/aromatic N) is 3. The minimum absolute atomic E-state index is 0.144. The highest BCUT2D eigenvalue weighted by Gasteiger charge is 2.27. The number of nitrogens with one attached hydrogen (secondary N) is 1. The molecule has 0 aliphatic carbocycles. The van der Waals surface area contributed by atoms with Crippen molar-refractivity contribution in [2.24, 2.45) is 0 Å². The first kappa shape index (κ1) is 16.2. The first-order valence-corrected chi connectivity index (χ1v) is 9.37. The minimum atomic E-state index is -3.19. The Balaban J connectivity index is 1.61. The van der Waals surface area contributed by atoms with E-state index in [1.807, 2.05) is 24.3 Å². The molecule has 1 aliphatic rings. The van der Waals surface area contributed by atoms with Gasteiger partial charge < -0.3 is 14.6 Å². The number of aromatic amines is 1. The number of H-pyrrole nitrogens is 1. The van der Waals surface area contributed by atoms with Crippen LogP contribution in [0.5, 0.6) is 0 Å². The molecule has 23 heavy (non-hydrogen) atoms. The molecule has 8 heteroatoms. The summed E-state index contributed by atoms with van der Waals surface area (Å²) >= 11 is 0. The molecule has 1 aromatic carbocycles. The molecule has 2 aromatic rings. The minimum Gasteiger partial charge on any atom is -0.385 e. The molecule has 0 spiro atoms. The molecule has 0 atom stereocenters. The van der Waals surface area contributed by atoms with Crippen LogP contribution in [0.25, 0.3) is 11.0 Å². The van der Waals surface area contributed by atoms with E-state index >= 15 is 0 Å². The fraction of sp³-hybridized carbons (Fsp3) is 0.533. The summed E-state index contributed by atoms with van der Waals surface area (Å²) in [5.41, 5.74) is 1.93. The number of piperazine rings is 1. The van der Waals surface area contributed by atoms with Gasteiger partial charge in [-0.15, -0.1) is 0 Å². The second-order valence-electron chi connectivity index (χ2n) is 5.63. The first-order valence-electron chi connectivity index (χ1n) is 7.76. The Labute approximate surface area is 136 Å². The van der Waals surface area contributed by atoms with Gasteiger partial charge in [-0.3, -0.25) is 0 Å². The van der Waals surface area contributed by atoms with Crippen molar-refractivity contribution in [2.75, 3.05) is 50.5 Å². The van der Waals surface area contributed by atoms with Crippen molar-refractivity contribution in [1.29, 1.82) is 0 Å². The maximum absolute atomic E-state index is 12.3. The zero-order valence-electron chi connectivity index (χ0n) is 13.2. The lowest BCUT2D eigenvalue weighted by atomic mass is 10.3. The van der Waals surface area contributed by atoms with Crippen molar-refractivity contribution >= 4 is 27.0 Å². The van der Waals surface area contributed by atoms with Crippen LogP contribution in [-0.4, -0.2) is 68.3 Å². The monoisotopic (exact) mass is 338 g/mol. The fourth-order valence-electron chi connectivity index (χ4n) is 2.78. The van der Waals surface area contributed by atoms with Crippen LogP contribution in [0.3, 0.4) is 0 Å². The second-order valence-corrected chi connectivity index (χ2v) is 7.71. The van der Waals surface area contributed by atoms with Crippen molar-refractivity contribution in [3.8, 4) is 0 Å². The standard InChI is InChI=1S/C15H22N4O3S/c1-22-11-4-12-23(20,21)19-9-7-18(8-10-19)15-16-13-5-2-3-6-14(13)17-15/h2-3,5-6H,4,7-12H2,1H3,(H,16,17). The summed E-state index contributed by atoms with van der Waals surface area (Å²) in [4.78, 5) is 9.96. The van der Waals surface area contributed by atoms with Gasteiger partial charge in [0.2, 0.25) is 16.0 Å². The van der Waals surface area contributed by atoms with E-state index in [9.17, 15) is 8.42 Å².